The summed E-state index contributed by atoms with van der Waals surface area (Å²) in [5.74, 6) is 0. The van der Waals surface area contributed by atoms with Gasteiger partial charge in [0.2, 0.25) is 0 Å². The molecule has 0 bridgehead atoms. The highest BCUT2D eigenvalue weighted by atomic mass is 16.3. The third kappa shape index (κ3) is 6.08. The maximum absolute atomic E-state index is 6.25. The first-order chi connectivity index (χ1) is 24.7. The predicted molar refractivity (Wildman–Crippen MR) is 219 cm³/mol. The van der Waals surface area contributed by atoms with E-state index in [2.05, 4.69) is 177 Å². The molecule has 0 aliphatic carbocycles. The second-order valence-corrected chi connectivity index (χ2v) is 12.3. The quantitative estimate of drug-likeness (QED) is 0.137. The predicted octanol–water partition coefficient (Wildman–Crippen LogP) is 15.0. The summed E-state index contributed by atoms with van der Waals surface area (Å²) in [4.78, 5) is 0. The minimum absolute atomic E-state index is 0.919. The molecule has 0 aliphatic rings. The molecule has 0 amide bonds. The van der Waals surface area contributed by atoms with Crippen molar-refractivity contribution < 1.29 is 4.42 Å². The summed E-state index contributed by atoms with van der Waals surface area (Å²) in [7, 11) is 0. The van der Waals surface area contributed by atoms with Crippen LogP contribution in [0.1, 0.15) is 34.1 Å². The number of hydrogen-bond donors (Lipinski definition) is 0. The SMILES string of the molecule is C/C=C\CC.CC.c1ccc(-c2c3ccccc3c(-c3ccc(-c4ccc5oc6cc7ccccc7cc6c5c4)cc3)c3ccccc23)cc1. The lowest BCUT2D eigenvalue weighted by molar-refractivity contribution is 0.669. The minimum Gasteiger partial charge on any atom is -0.456 e. The third-order valence-electron chi connectivity index (χ3n) is 9.31. The fourth-order valence-corrected chi connectivity index (χ4v) is 7.06. The van der Waals surface area contributed by atoms with Crippen molar-refractivity contribution in [1.29, 1.82) is 0 Å². The maximum Gasteiger partial charge on any atom is 0.136 e. The van der Waals surface area contributed by atoms with Gasteiger partial charge in [-0.05, 0) is 103 Å². The van der Waals surface area contributed by atoms with Gasteiger partial charge in [-0.3, -0.25) is 0 Å². The zero-order valence-corrected chi connectivity index (χ0v) is 29.3. The zero-order valence-electron chi connectivity index (χ0n) is 29.3. The Morgan fingerprint density at radius 1 is 0.420 bits per heavy atom. The van der Waals surface area contributed by atoms with Crippen LogP contribution in [0, 0.1) is 0 Å². The van der Waals surface area contributed by atoms with Crippen LogP contribution in [-0.2, 0) is 0 Å². The molecule has 1 nitrogen and oxygen atoms in total. The number of allylic oxidation sites excluding steroid dienone is 2. The van der Waals surface area contributed by atoms with E-state index in [0.717, 1.165) is 28.4 Å². The van der Waals surface area contributed by atoms with E-state index in [1.165, 1.54) is 65.7 Å². The van der Waals surface area contributed by atoms with E-state index in [-0.39, 0.29) is 0 Å². The highest BCUT2D eigenvalue weighted by molar-refractivity contribution is 6.21. The van der Waals surface area contributed by atoms with Crippen molar-refractivity contribution in [1.82, 2.24) is 0 Å². The minimum atomic E-state index is 0.919. The Kier molecular flexibility index (Phi) is 9.58. The molecule has 1 heteroatoms. The number of rotatable bonds is 4. The van der Waals surface area contributed by atoms with Gasteiger partial charge >= 0.3 is 0 Å². The van der Waals surface area contributed by atoms with Crippen molar-refractivity contribution in [2.75, 3.05) is 0 Å². The van der Waals surface area contributed by atoms with Crippen LogP contribution in [0.3, 0.4) is 0 Å². The van der Waals surface area contributed by atoms with Crippen LogP contribution >= 0.6 is 0 Å². The first kappa shape index (κ1) is 32.6. The van der Waals surface area contributed by atoms with Crippen LogP contribution in [0.25, 0.3) is 87.6 Å². The maximum atomic E-state index is 6.25. The van der Waals surface area contributed by atoms with Gasteiger partial charge in [0.1, 0.15) is 11.2 Å². The molecule has 8 aromatic carbocycles. The van der Waals surface area contributed by atoms with E-state index < -0.39 is 0 Å². The highest BCUT2D eigenvalue weighted by Gasteiger charge is 2.16. The Balaban J connectivity index is 0.000000518. The Hall–Kier alpha value is -5.92. The molecule has 0 fully saturated rings. The molecule has 244 valence electrons. The van der Waals surface area contributed by atoms with Crippen LogP contribution in [0.5, 0.6) is 0 Å². The van der Waals surface area contributed by atoms with E-state index in [0.29, 0.717) is 0 Å². The van der Waals surface area contributed by atoms with Crippen molar-refractivity contribution in [2.45, 2.75) is 34.1 Å². The van der Waals surface area contributed by atoms with Gasteiger partial charge in [0.25, 0.3) is 0 Å². The Labute approximate surface area is 295 Å². The number of benzene rings is 8. The summed E-state index contributed by atoms with van der Waals surface area (Å²) < 4.78 is 6.25. The summed E-state index contributed by atoms with van der Waals surface area (Å²) in [5.41, 5.74) is 9.26. The number of hydrogen-bond acceptors (Lipinski definition) is 1. The first-order valence-electron chi connectivity index (χ1n) is 17.8. The Bertz CT molecular complexity index is 2530. The van der Waals surface area contributed by atoms with E-state index in [9.17, 15) is 0 Å². The normalized spacial score (nSPS) is 11.2. The van der Waals surface area contributed by atoms with Crippen LogP contribution in [-0.4, -0.2) is 0 Å². The molecule has 0 saturated heterocycles. The molecule has 0 atom stereocenters. The molecule has 50 heavy (non-hydrogen) atoms. The molecule has 0 saturated carbocycles. The van der Waals surface area contributed by atoms with Gasteiger partial charge in [-0.1, -0.05) is 166 Å². The van der Waals surface area contributed by atoms with Crippen molar-refractivity contribution >= 4 is 54.3 Å². The molecular weight excluding hydrogens is 605 g/mol. The fourth-order valence-electron chi connectivity index (χ4n) is 7.06. The smallest absolute Gasteiger partial charge is 0.136 e. The Morgan fingerprint density at radius 3 is 1.42 bits per heavy atom. The summed E-state index contributed by atoms with van der Waals surface area (Å²) in [6.07, 6.45) is 5.34. The largest absolute Gasteiger partial charge is 0.456 e. The van der Waals surface area contributed by atoms with E-state index in [4.69, 9.17) is 4.42 Å². The molecule has 9 rings (SSSR count). The Morgan fingerprint density at radius 2 is 0.880 bits per heavy atom. The summed E-state index contributed by atoms with van der Waals surface area (Å²) in [6.45, 7) is 8.16. The van der Waals surface area contributed by atoms with Crippen LogP contribution in [0.15, 0.2) is 174 Å². The van der Waals surface area contributed by atoms with Gasteiger partial charge in [0.15, 0.2) is 0 Å². The lowest BCUT2D eigenvalue weighted by Crippen LogP contribution is -1.90. The highest BCUT2D eigenvalue weighted by Crippen LogP contribution is 2.44. The lowest BCUT2D eigenvalue weighted by Gasteiger charge is -2.18. The zero-order chi connectivity index (χ0) is 34.5. The average Bonchev–Trinajstić information content (AvgIpc) is 3.54. The molecule has 9 aromatic rings. The summed E-state index contributed by atoms with van der Waals surface area (Å²) >= 11 is 0. The van der Waals surface area contributed by atoms with Gasteiger partial charge in [0.05, 0.1) is 0 Å². The molecule has 1 aromatic heterocycles. The molecule has 0 radical (unpaired) electrons. The van der Waals surface area contributed by atoms with Gasteiger partial charge in [-0.15, -0.1) is 0 Å². The molecule has 0 unspecified atom stereocenters. The van der Waals surface area contributed by atoms with Gasteiger partial charge < -0.3 is 4.42 Å². The lowest BCUT2D eigenvalue weighted by atomic mass is 9.86. The van der Waals surface area contributed by atoms with Crippen LogP contribution in [0.4, 0.5) is 0 Å². The number of furan rings is 1. The summed E-state index contributed by atoms with van der Waals surface area (Å²) in [5, 5.41) is 9.82. The van der Waals surface area contributed by atoms with Crippen molar-refractivity contribution in [3.05, 3.63) is 170 Å². The number of fused-ring (bicyclic) bond motifs is 6. The van der Waals surface area contributed by atoms with Crippen molar-refractivity contribution in [3.63, 3.8) is 0 Å². The van der Waals surface area contributed by atoms with Gasteiger partial charge in [-0.25, -0.2) is 0 Å². The van der Waals surface area contributed by atoms with Crippen LogP contribution in [0.2, 0.25) is 0 Å². The van der Waals surface area contributed by atoms with Gasteiger partial charge in [0, 0.05) is 10.8 Å². The monoisotopic (exact) mass is 646 g/mol. The van der Waals surface area contributed by atoms with Crippen LogP contribution < -0.4 is 0 Å². The standard InChI is InChI=1S/C42H26O.C5H10.C2H6/c1-2-10-28(11-3-1)41-33-14-6-8-16-35(33)42(36-17-9-7-15-34(36)41)29-20-18-27(19-21-29)32-22-23-39-37(25-32)38-24-30-12-4-5-13-31(30)26-40(38)43-39;1-3-5-4-2;1-2/h1-26H;3,5H,4H2,1-2H3;1-2H3/b;5-3-;. The fraction of sp³-hybridized carbons (Fsp3) is 0.102. The second-order valence-electron chi connectivity index (χ2n) is 12.3. The van der Waals surface area contributed by atoms with Crippen molar-refractivity contribution in [3.8, 4) is 33.4 Å². The van der Waals surface area contributed by atoms with Gasteiger partial charge in [-0.2, -0.15) is 0 Å². The first-order valence-corrected chi connectivity index (χ1v) is 17.8. The third-order valence-corrected chi connectivity index (χ3v) is 9.31. The molecular formula is C49H42O. The van der Waals surface area contributed by atoms with Crippen molar-refractivity contribution in [2.24, 2.45) is 0 Å². The van der Waals surface area contributed by atoms with E-state index in [1.807, 2.05) is 20.8 Å². The molecule has 0 spiro atoms. The molecule has 1 heterocycles. The topological polar surface area (TPSA) is 13.1 Å². The van der Waals surface area contributed by atoms with E-state index >= 15 is 0 Å². The second kappa shape index (κ2) is 14.7. The van der Waals surface area contributed by atoms with E-state index in [1.54, 1.807) is 0 Å². The molecule has 0 N–H and O–H groups in total. The molecule has 0 aliphatic heterocycles. The summed E-state index contributed by atoms with van der Waals surface area (Å²) in [6, 6.07) is 56.8. The average molecular weight is 647 g/mol.